The summed E-state index contributed by atoms with van der Waals surface area (Å²) in [6.45, 7) is 0.590. The summed E-state index contributed by atoms with van der Waals surface area (Å²) in [4.78, 5) is 0. The molecule has 1 aliphatic rings. The molecular weight excluding hydrogens is 201 g/mol. The van der Waals surface area contributed by atoms with Gasteiger partial charge in [0.05, 0.1) is 0 Å². The Balaban J connectivity index is 2.30. The topological polar surface area (TPSA) is 26.0 Å². The normalized spacial score (nSPS) is 19.6. The van der Waals surface area contributed by atoms with Crippen LogP contribution in [0.15, 0.2) is 24.3 Å². The second-order valence-electron chi connectivity index (χ2n) is 4.72. The minimum Gasteiger partial charge on any atom is -0.330 e. The van der Waals surface area contributed by atoms with Crippen LogP contribution in [0.5, 0.6) is 0 Å². The van der Waals surface area contributed by atoms with Crippen molar-refractivity contribution in [3.63, 3.8) is 0 Å². The Bertz CT molecular complexity index is 342. The summed E-state index contributed by atoms with van der Waals surface area (Å²) in [7, 11) is 0. The van der Waals surface area contributed by atoms with Gasteiger partial charge in [0.25, 0.3) is 0 Å². The van der Waals surface area contributed by atoms with Crippen LogP contribution in [-0.2, 0) is 12.1 Å². The van der Waals surface area contributed by atoms with Gasteiger partial charge in [-0.25, -0.2) is 4.39 Å². The van der Waals surface area contributed by atoms with Crippen LogP contribution < -0.4 is 5.73 Å². The number of alkyl halides is 1. The monoisotopic (exact) mass is 221 g/mol. The van der Waals surface area contributed by atoms with E-state index >= 15 is 0 Å². The van der Waals surface area contributed by atoms with Crippen LogP contribution in [0.2, 0.25) is 0 Å². The fourth-order valence-electron chi connectivity index (χ4n) is 2.71. The quantitative estimate of drug-likeness (QED) is 0.832. The third-order valence-corrected chi connectivity index (χ3v) is 3.56. The zero-order valence-corrected chi connectivity index (χ0v) is 9.71. The zero-order valence-electron chi connectivity index (χ0n) is 9.71. The first-order valence-electron chi connectivity index (χ1n) is 6.24. The van der Waals surface area contributed by atoms with Crippen LogP contribution in [-0.4, -0.2) is 6.54 Å². The molecule has 0 aromatic heterocycles. The highest BCUT2D eigenvalue weighted by Crippen LogP contribution is 2.42. The summed E-state index contributed by atoms with van der Waals surface area (Å²) in [6, 6.07) is 7.86. The third-order valence-electron chi connectivity index (χ3n) is 3.56. The minimum absolute atomic E-state index is 0.590. The first-order chi connectivity index (χ1) is 7.76. The van der Waals surface area contributed by atoms with Gasteiger partial charge in [0.1, 0.15) is 5.67 Å². The Hall–Kier alpha value is -0.890. The van der Waals surface area contributed by atoms with Gasteiger partial charge in [-0.1, -0.05) is 30.7 Å². The summed E-state index contributed by atoms with van der Waals surface area (Å²) < 4.78 is 14.8. The van der Waals surface area contributed by atoms with Crippen molar-refractivity contribution in [2.75, 3.05) is 6.54 Å². The molecule has 0 bridgehead atoms. The molecule has 0 amide bonds. The number of rotatable bonds is 3. The molecule has 2 rings (SSSR count). The van der Waals surface area contributed by atoms with Gasteiger partial charge in [0.2, 0.25) is 0 Å². The van der Waals surface area contributed by atoms with Gasteiger partial charge < -0.3 is 5.73 Å². The van der Waals surface area contributed by atoms with E-state index in [1.54, 1.807) is 0 Å². The van der Waals surface area contributed by atoms with E-state index in [0.717, 1.165) is 30.4 Å². The molecule has 2 heteroatoms. The summed E-state index contributed by atoms with van der Waals surface area (Å²) in [5.41, 5.74) is 6.47. The van der Waals surface area contributed by atoms with Crippen LogP contribution in [0.3, 0.4) is 0 Å². The Morgan fingerprint density at radius 3 is 2.50 bits per heavy atom. The van der Waals surface area contributed by atoms with E-state index < -0.39 is 5.67 Å². The molecule has 1 aromatic rings. The molecule has 1 fully saturated rings. The van der Waals surface area contributed by atoms with Crippen LogP contribution in [0, 0.1) is 0 Å². The van der Waals surface area contributed by atoms with Gasteiger partial charge in [-0.3, -0.25) is 0 Å². The molecular formula is C14H20FN. The van der Waals surface area contributed by atoms with Gasteiger partial charge in [-0.2, -0.15) is 0 Å². The van der Waals surface area contributed by atoms with E-state index in [1.807, 2.05) is 24.3 Å². The molecule has 0 saturated heterocycles. The van der Waals surface area contributed by atoms with Crippen molar-refractivity contribution in [2.45, 2.75) is 44.2 Å². The lowest BCUT2D eigenvalue weighted by Crippen LogP contribution is -2.25. The maximum atomic E-state index is 14.8. The highest BCUT2D eigenvalue weighted by atomic mass is 19.1. The molecule has 1 saturated carbocycles. The lowest BCUT2D eigenvalue weighted by molar-refractivity contribution is 0.105. The van der Waals surface area contributed by atoms with E-state index in [1.165, 1.54) is 6.42 Å². The standard InChI is InChI=1S/C14H20FN/c15-14(9-4-1-5-10-14)13-7-3-2-6-12(13)8-11-16/h2-3,6-7H,1,4-5,8-11,16H2. The highest BCUT2D eigenvalue weighted by molar-refractivity contribution is 5.33. The summed E-state index contributed by atoms with van der Waals surface area (Å²) in [5, 5.41) is 0. The van der Waals surface area contributed by atoms with Crippen molar-refractivity contribution in [3.8, 4) is 0 Å². The zero-order chi connectivity index (χ0) is 11.4. The third kappa shape index (κ3) is 2.27. The Morgan fingerprint density at radius 2 is 1.81 bits per heavy atom. The SMILES string of the molecule is NCCc1ccccc1C1(F)CCCCC1. The number of benzene rings is 1. The Morgan fingerprint density at radius 1 is 1.12 bits per heavy atom. The second kappa shape index (κ2) is 4.96. The number of nitrogens with two attached hydrogens (primary N) is 1. The van der Waals surface area contributed by atoms with Gasteiger partial charge in [0.15, 0.2) is 0 Å². The predicted octanol–water partition coefficient (Wildman–Crippen LogP) is 3.32. The first kappa shape index (κ1) is 11.6. The van der Waals surface area contributed by atoms with E-state index in [-0.39, 0.29) is 0 Å². The Kier molecular flexibility index (Phi) is 3.59. The van der Waals surface area contributed by atoms with E-state index in [0.29, 0.717) is 19.4 Å². The molecule has 0 atom stereocenters. The molecule has 0 spiro atoms. The van der Waals surface area contributed by atoms with Crippen molar-refractivity contribution in [3.05, 3.63) is 35.4 Å². The van der Waals surface area contributed by atoms with Crippen LogP contribution in [0.4, 0.5) is 4.39 Å². The van der Waals surface area contributed by atoms with Crippen LogP contribution >= 0.6 is 0 Å². The second-order valence-corrected chi connectivity index (χ2v) is 4.72. The largest absolute Gasteiger partial charge is 0.330 e. The number of hydrogen-bond donors (Lipinski definition) is 1. The van der Waals surface area contributed by atoms with E-state index in [9.17, 15) is 4.39 Å². The van der Waals surface area contributed by atoms with Gasteiger partial charge >= 0.3 is 0 Å². The lowest BCUT2D eigenvalue weighted by atomic mass is 9.79. The van der Waals surface area contributed by atoms with Gasteiger partial charge in [-0.15, -0.1) is 0 Å². The average molecular weight is 221 g/mol. The molecule has 1 nitrogen and oxygen atoms in total. The summed E-state index contributed by atoms with van der Waals surface area (Å²) in [6.07, 6.45) is 5.32. The summed E-state index contributed by atoms with van der Waals surface area (Å²) in [5.74, 6) is 0. The molecule has 1 aromatic carbocycles. The number of halogens is 1. The van der Waals surface area contributed by atoms with Crippen LogP contribution in [0.1, 0.15) is 43.2 Å². The molecule has 0 heterocycles. The van der Waals surface area contributed by atoms with Gasteiger partial charge in [0, 0.05) is 0 Å². The lowest BCUT2D eigenvalue weighted by Gasteiger charge is -2.31. The molecule has 88 valence electrons. The van der Waals surface area contributed by atoms with Crippen molar-refractivity contribution in [1.82, 2.24) is 0 Å². The molecule has 0 unspecified atom stereocenters. The minimum atomic E-state index is -1.09. The van der Waals surface area contributed by atoms with Crippen molar-refractivity contribution in [1.29, 1.82) is 0 Å². The Labute approximate surface area is 96.9 Å². The number of hydrogen-bond acceptors (Lipinski definition) is 1. The molecule has 2 N–H and O–H groups in total. The van der Waals surface area contributed by atoms with E-state index in [4.69, 9.17) is 5.73 Å². The highest BCUT2D eigenvalue weighted by Gasteiger charge is 2.34. The predicted molar refractivity (Wildman–Crippen MR) is 65.1 cm³/mol. The van der Waals surface area contributed by atoms with Gasteiger partial charge in [-0.05, 0) is 49.8 Å². The summed E-state index contributed by atoms with van der Waals surface area (Å²) >= 11 is 0. The average Bonchev–Trinajstić information content (AvgIpc) is 2.31. The maximum Gasteiger partial charge on any atom is 0.136 e. The van der Waals surface area contributed by atoms with E-state index in [2.05, 4.69) is 0 Å². The fourth-order valence-corrected chi connectivity index (χ4v) is 2.71. The molecule has 0 radical (unpaired) electrons. The van der Waals surface area contributed by atoms with Crippen LogP contribution in [0.25, 0.3) is 0 Å². The smallest absolute Gasteiger partial charge is 0.136 e. The molecule has 16 heavy (non-hydrogen) atoms. The van der Waals surface area contributed by atoms with Crippen molar-refractivity contribution in [2.24, 2.45) is 5.73 Å². The van der Waals surface area contributed by atoms with Crippen molar-refractivity contribution < 1.29 is 4.39 Å². The molecule has 0 aliphatic heterocycles. The first-order valence-corrected chi connectivity index (χ1v) is 6.24. The fraction of sp³-hybridized carbons (Fsp3) is 0.571. The maximum absolute atomic E-state index is 14.8. The molecule has 1 aliphatic carbocycles. The van der Waals surface area contributed by atoms with Crippen molar-refractivity contribution >= 4 is 0 Å².